The molecular weight excluding hydrogens is 328 g/mol. The predicted molar refractivity (Wildman–Crippen MR) is 92.6 cm³/mol. The molecule has 3 rings (SSSR count). The van der Waals surface area contributed by atoms with Crippen LogP contribution in [0.25, 0.3) is 11.3 Å². The number of nitrogens with zero attached hydrogens (tertiary/aromatic N) is 1. The Hall–Kier alpha value is -2.79. The van der Waals surface area contributed by atoms with E-state index in [1.807, 2.05) is 31.2 Å². The smallest absolute Gasteiger partial charge is 0.294 e. The van der Waals surface area contributed by atoms with Gasteiger partial charge in [0.25, 0.3) is 5.91 Å². The lowest BCUT2D eigenvalue weighted by Gasteiger charge is -2.10. The number of aromatic nitrogens is 1. The van der Waals surface area contributed by atoms with Crippen molar-refractivity contribution in [2.75, 3.05) is 12.4 Å². The van der Waals surface area contributed by atoms with Crippen LogP contribution in [-0.2, 0) is 0 Å². The van der Waals surface area contributed by atoms with Gasteiger partial charge in [-0.05, 0) is 19.1 Å². The molecule has 1 aromatic heterocycles. The number of rotatable bonds is 4. The van der Waals surface area contributed by atoms with Crippen LogP contribution in [0, 0.1) is 6.92 Å². The van der Waals surface area contributed by atoms with Gasteiger partial charge >= 0.3 is 0 Å². The first-order valence-electron chi connectivity index (χ1n) is 7.26. The molecule has 6 heteroatoms. The molecule has 0 aliphatic heterocycles. The van der Waals surface area contributed by atoms with E-state index >= 15 is 0 Å². The molecule has 122 valence electrons. The van der Waals surface area contributed by atoms with Gasteiger partial charge in [0, 0.05) is 11.6 Å². The molecule has 0 saturated heterocycles. The number of nitrogens with one attached hydrogen (secondary N) is 1. The second kappa shape index (κ2) is 6.76. The van der Waals surface area contributed by atoms with Gasteiger partial charge in [-0.1, -0.05) is 52.7 Å². The van der Waals surface area contributed by atoms with Crippen molar-refractivity contribution in [1.82, 2.24) is 5.16 Å². The minimum atomic E-state index is -0.429. The van der Waals surface area contributed by atoms with Gasteiger partial charge in [-0.25, -0.2) is 0 Å². The third-order valence-corrected chi connectivity index (χ3v) is 3.80. The van der Waals surface area contributed by atoms with Crippen molar-refractivity contribution in [3.63, 3.8) is 0 Å². The van der Waals surface area contributed by atoms with Crippen molar-refractivity contribution < 1.29 is 14.1 Å². The van der Waals surface area contributed by atoms with Gasteiger partial charge in [-0.15, -0.1) is 0 Å². The molecule has 24 heavy (non-hydrogen) atoms. The number of methoxy groups -OCH3 is 1. The Bertz CT molecular complexity index is 872. The first-order valence-corrected chi connectivity index (χ1v) is 7.64. The van der Waals surface area contributed by atoms with Crippen LogP contribution in [0.4, 0.5) is 5.69 Å². The monoisotopic (exact) mass is 342 g/mol. The average Bonchev–Trinajstić information content (AvgIpc) is 3.06. The number of aryl methyl sites for hydroxylation is 1. The van der Waals surface area contributed by atoms with E-state index in [2.05, 4.69) is 10.5 Å². The number of carbonyl (C=O) groups is 1. The van der Waals surface area contributed by atoms with E-state index in [1.165, 1.54) is 7.11 Å². The Labute approximate surface area is 144 Å². The number of para-hydroxylation sites is 1. The minimum Gasteiger partial charge on any atom is -0.493 e. The maximum atomic E-state index is 12.3. The fourth-order valence-corrected chi connectivity index (χ4v) is 2.49. The summed E-state index contributed by atoms with van der Waals surface area (Å²) in [4.78, 5) is 12.3. The summed E-state index contributed by atoms with van der Waals surface area (Å²) in [6.45, 7) is 2.00. The van der Waals surface area contributed by atoms with Gasteiger partial charge < -0.3 is 14.6 Å². The lowest BCUT2D eigenvalue weighted by atomic mass is 10.1. The van der Waals surface area contributed by atoms with Crippen molar-refractivity contribution in [3.05, 3.63) is 64.9 Å². The molecule has 3 aromatic rings. The van der Waals surface area contributed by atoms with Crippen LogP contribution in [0.3, 0.4) is 0 Å². The number of benzene rings is 2. The first-order chi connectivity index (χ1) is 11.6. The van der Waals surface area contributed by atoms with E-state index < -0.39 is 5.91 Å². The summed E-state index contributed by atoms with van der Waals surface area (Å²) >= 11 is 6.04. The summed E-state index contributed by atoms with van der Waals surface area (Å²) < 4.78 is 10.4. The Balaban J connectivity index is 1.82. The standard InChI is InChI=1S/C18H15ClN2O3/c1-11-6-8-12(9-7-11)15-10-16(24-21-15)18(22)20-14-5-3-4-13(19)17(14)23-2/h3-10H,1-2H3,(H,20,22). The maximum Gasteiger partial charge on any atom is 0.294 e. The number of amides is 1. The van der Waals surface area contributed by atoms with Crippen molar-refractivity contribution >= 4 is 23.2 Å². The molecule has 0 saturated carbocycles. The maximum absolute atomic E-state index is 12.3. The van der Waals surface area contributed by atoms with E-state index in [9.17, 15) is 4.79 Å². The van der Waals surface area contributed by atoms with Gasteiger partial charge in [-0.2, -0.15) is 0 Å². The molecule has 1 amide bonds. The quantitative estimate of drug-likeness (QED) is 0.754. The highest BCUT2D eigenvalue weighted by Crippen LogP contribution is 2.32. The molecule has 0 unspecified atom stereocenters. The van der Waals surface area contributed by atoms with Gasteiger partial charge in [0.2, 0.25) is 5.76 Å². The van der Waals surface area contributed by atoms with E-state index in [0.717, 1.165) is 11.1 Å². The van der Waals surface area contributed by atoms with Crippen LogP contribution in [0.15, 0.2) is 53.1 Å². The summed E-state index contributed by atoms with van der Waals surface area (Å²) in [5, 5.41) is 7.07. The van der Waals surface area contributed by atoms with E-state index in [1.54, 1.807) is 24.3 Å². The molecule has 0 bridgehead atoms. The van der Waals surface area contributed by atoms with Gasteiger partial charge in [0.15, 0.2) is 5.75 Å². The largest absolute Gasteiger partial charge is 0.493 e. The van der Waals surface area contributed by atoms with Gasteiger partial charge in [-0.3, -0.25) is 4.79 Å². The lowest BCUT2D eigenvalue weighted by Crippen LogP contribution is -2.11. The Morgan fingerprint density at radius 3 is 2.67 bits per heavy atom. The molecule has 0 spiro atoms. The minimum absolute atomic E-state index is 0.104. The normalized spacial score (nSPS) is 10.5. The van der Waals surface area contributed by atoms with E-state index in [-0.39, 0.29) is 5.76 Å². The van der Waals surface area contributed by atoms with Crippen LogP contribution >= 0.6 is 11.6 Å². The third-order valence-electron chi connectivity index (χ3n) is 3.50. The first kappa shape index (κ1) is 16.1. The van der Waals surface area contributed by atoms with Crippen molar-refractivity contribution in [3.8, 4) is 17.0 Å². The Morgan fingerprint density at radius 1 is 1.21 bits per heavy atom. The molecule has 2 aromatic carbocycles. The number of hydrogen-bond donors (Lipinski definition) is 1. The highest BCUT2D eigenvalue weighted by atomic mass is 35.5. The summed E-state index contributed by atoms with van der Waals surface area (Å²) in [6.07, 6.45) is 0. The zero-order valence-electron chi connectivity index (χ0n) is 13.2. The van der Waals surface area contributed by atoms with Crippen LogP contribution < -0.4 is 10.1 Å². The summed E-state index contributed by atoms with van der Waals surface area (Å²) in [6, 6.07) is 14.5. The molecule has 1 N–H and O–H groups in total. The fraction of sp³-hybridized carbons (Fsp3) is 0.111. The van der Waals surface area contributed by atoms with Crippen LogP contribution in [0.5, 0.6) is 5.75 Å². The lowest BCUT2D eigenvalue weighted by molar-refractivity contribution is 0.0987. The molecule has 0 aliphatic carbocycles. The third kappa shape index (κ3) is 3.26. The summed E-state index contributed by atoms with van der Waals surface area (Å²) in [7, 11) is 1.49. The van der Waals surface area contributed by atoms with Crippen LogP contribution in [-0.4, -0.2) is 18.2 Å². The van der Waals surface area contributed by atoms with Crippen LogP contribution in [0.2, 0.25) is 5.02 Å². The SMILES string of the molecule is COc1c(Cl)cccc1NC(=O)c1cc(-c2ccc(C)cc2)no1. The number of anilines is 1. The zero-order valence-corrected chi connectivity index (χ0v) is 13.9. The molecule has 1 heterocycles. The summed E-state index contributed by atoms with van der Waals surface area (Å²) in [5.74, 6) is 0.0693. The second-order valence-electron chi connectivity index (χ2n) is 5.22. The Morgan fingerprint density at radius 2 is 1.96 bits per heavy atom. The molecular formula is C18H15ClN2O3. The van der Waals surface area contributed by atoms with Crippen molar-refractivity contribution in [2.24, 2.45) is 0 Å². The highest BCUT2D eigenvalue weighted by molar-refractivity contribution is 6.32. The average molecular weight is 343 g/mol. The number of carbonyl (C=O) groups excluding carboxylic acids is 1. The van der Waals surface area contributed by atoms with Crippen LogP contribution in [0.1, 0.15) is 16.1 Å². The highest BCUT2D eigenvalue weighted by Gasteiger charge is 2.17. The van der Waals surface area contributed by atoms with Crippen molar-refractivity contribution in [2.45, 2.75) is 6.92 Å². The van der Waals surface area contributed by atoms with Crippen molar-refractivity contribution in [1.29, 1.82) is 0 Å². The molecule has 0 fully saturated rings. The number of halogens is 1. The fourth-order valence-electron chi connectivity index (χ4n) is 2.24. The number of hydrogen-bond acceptors (Lipinski definition) is 4. The van der Waals surface area contributed by atoms with E-state index in [4.69, 9.17) is 20.9 Å². The molecule has 5 nitrogen and oxygen atoms in total. The van der Waals surface area contributed by atoms with E-state index in [0.29, 0.717) is 22.2 Å². The number of ether oxygens (including phenoxy) is 1. The molecule has 0 radical (unpaired) electrons. The molecule has 0 aliphatic rings. The topological polar surface area (TPSA) is 64.4 Å². The predicted octanol–water partition coefficient (Wildman–Crippen LogP) is 4.56. The summed E-state index contributed by atoms with van der Waals surface area (Å²) in [5.41, 5.74) is 3.08. The zero-order chi connectivity index (χ0) is 17.1. The van der Waals surface area contributed by atoms with Gasteiger partial charge in [0.05, 0.1) is 17.8 Å². The second-order valence-corrected chi connectivity index (χ2v) is 5.62. The molecule has 0 atom stereocenters. The Kier molecular flexibility index (Phi) is 4.53. The van der Waals surface area contributed by atoms with Gasteiger partial charge in [0.1, 0.15) is 5.69 Å².